The van der Waals surface area contributed by atoms with E-state index in [9.17, 15) is 4.79 Å². The van der Waals surface area contributed by atoms with Crippen LogP contribution in [0.25, 0.3) is 11.1 Å². The highest BCUT2D eigenvalue weighted by Gasteiger charge is 2.11. The van der Waals surface area contributed by atoms with E-state index < -0.39 is 0 Å². The molecule has 0 bridgehead atoms. The van der Waals surface area contributed by atoms with E-state index >= 15 is 0 Å². The molecule has 3 heteroatoms. The first-order chi connectivity index (χ1) is 14.1. The largest absolute Gasteiger partial charge is 0.494 e. The third-order valence-corrected chi connectivity index (χ3v) is 5.08. The molecule has 2 rings (SSSR count). The molecule has 0 radical (unpaired) electrons. The summed E-state index contributed by atoms with van der Waals surface area (Å²) in [4.78, 5) is 12.2. The summed E-state index contributed by atoms with van der Waals surface area (Å²) < 4.78 is 11.3. The normalized spacial score (nSPS) is 11.8. The van der Waals surface area contributed by atoms with Gasteiger partial charge in [-0.2, -0.15) is 0 Å². The monoisotopic (exact) mass is 396 g/mol. The van der Waals surface area contributed by atoms with Crippen LogP contribution in [-0.4, -0.2) is 18.7 Å². The maximum absolute atomic E-state index is 12.2. The molecule has 0 fully saturated rings. The number of esters is 1. The third kappa shape index (κ3) is 8.31. The Labute approximate surface area is 176 Å². The van der Waals surface area contributed by atoms with Crippen molar-refractivity contribution in [1.82, 2.24) is 0 Å². The Kier molecular flexibility index (Phi) is 10.3. The van der Waals surface area contributed by atoms with Crippen molar-refractivity contribution in [2.75, 3.05) is 6.61 Å². The summed E-state index contributed by atoms with van der Waals surface area (Å²) in [7, 11) is 0. The fourth-order valence-corrected chi connectivity index (χ4v) is 3.33. The van der Waals surface area contributed by atoms with Gasteiger partial charge in [-0.15, -0.1) is 0 Å². The molecule has 0 amide bonds. The summed E-state index contributed by atoms with van der Waals surface area (Å²) in [5.74, 6) is 0.656. The van der Waals surface area contributed by atoms with E-state index in [0.29, 0.717) is 5.56 Å². The number of unbranched alkanes of at least 4 members (excludes halogenated alkanes) is 5. The highest BCUT2D eigenvalue weighted by molar-refractivity contribution is 5.90. The van der Waals surface area contributed by atoms with E-state index in [1.54, 1.807) is 0 Å². The number of rotatable bonds is 13. The van der Waals surface area contributed by atoms with Gasteiger partial charge in [-0.25, -0.2) is 4.79 Å². The van der Waals surface area contributed by atoms with Crippen LogP contribution in [0.1, 0.15) is 82.5 Å². The topological polar surface area (TPSA) is 35.5 Å². The molecule has 0 spiro atoms. The summed E-state index contributed by atoms with van der Waals surface area (Å²) in [6, 6.07) is 15.8. The minimum atomic E-state index is -0.254. The Morgan fingerprint density at radius 3 is 2.00 bits per heavy atom. The fraction of sp³-hybridized carbons (Fsp3) is 0.500. The highest BCUT2D eigenvalue weighted by Crippen LogP contribution is 2.23. The standard InChI is InChI=1S/C26H36O3/c1-4-6-7-8-9-10-20-28-25-18-16-23(17-19-25)22-12-14-24(15-13-22)26(27)29-21(3)11-5-2/h12-19,21H,4-11,20H2,1-3H3. The van der Waals surface area contributed by atoms with Crippen molar-refractivity contribution >= 4 is 5.97 Å². The van der Waals surface area contributed by atoms with E-state index in [4.69, 9.17) is 9.47 Å². The molecule has 2 aromatic carbocycles. The van der Waals surface area contributed by atoms with Gasteiger partial charge >= 0.3 is 5.97 Å². The second-order valence-corrected chi connectivity index (χ2v) is 7.72. The first-order valence-corrected chi connectivity index (χ1v) is 11.2. The summed E-state index contributed by atoms with van der Waals surface area (Å²) in [6.45, 7) is 7.04. The molecule has 3 nitrogen and oxygen atoms in total. The molecule has 29 heavy (non-hydrogen) atoms. The van der Waals surface area contributed by atoms with Crippen molar-refractivity contribution in [3.8, 4) is 16.9 Å². The zero-order valence-corrected chi connectivity index (χ0v) is 18.3. The van der Waals surface area contributed by atoms with E-state index in [1.165, 1.54) is 32.1 Å². The van der Waals surface area contributed by atoms with Gasteiger partial charge in [0.15, 0.2) is 0 Å². The van der Waals surface area contributed by atoms with Gasteiger partial charge in [0.1, 0.15) is 5.75 Å². The van der Waals surface area contributed by atoms with Crippen molar-refractivity contribution in [2.45, 2.75) is 78.2 Å². The van der Waals surface area contributed by atoms with E-state index in [2.05, 4.69) is 26.0 Å². The van der Waals surface area contributed by atoms with Crippen LogP contribution in [0.2, 0.25) is 0 Å². The number of hydrogen-bond acceptors (Lipinski definition) is 3. The van der Waals surface area contributed by atoms with Gasteiger partial charge < -0.3 is 9.47 Å². The number of ether oxygens (including phenoxy) is 2. The van der Waals surface area contributed by atoms with Crippen molar-refractivity contribution < 1.29 is 14.3 Å². The molecule has 0 aliphatic heterocycles. The Morgan fingerprint density at radius 1 is 0.793 bits per heavy atom. The van der Waals surface area contributed by atoms with Crippen LogP contribution >= 0.6 is 0 Å². The minimum Gasteiger partial charge on any atom is -0.494 e. The van der Waals surface area contributed by atoms with Crippen LogP contribution in [0, 0.1) is 0 Å². The first kappa shape index (κ1) is 23.0. The van der Waals surface area contributed by atoms with Gasteiger partial charge in [-0.3, -0.25) is 0 Å². The van der Waals surface area contributed by atoms with Gasteiger partial charge in [-0.05, 0) is 55.2 Å². The van der Waals surface area contributed by atoms with Crippen LogP contribution in [-0.2, 0) is 4.74 Å². The molecule has 0 saturated carbocycles. The Balaban J connectivity index is 1.81. The lowest BCUT2D eigenvalue weighted by atomic mass is 10.0. The average Bonchev–Trinajstić information content (AvgIpc) is 2.74. The lowest BCUT2D eigenvalue weighted by molar-refractivity contribution is 0.0323. The van der Waals surface area contributed by atoms with Crippen LogP contribution in [0.5, 0.6) is 5.75 Å². The Hall–Kier alpha value is -2.29. The summed E-state index contributed by atoms with van der Waals surface area (Å²) in [5, 5.41) is 0. The van der Waals surface area contributed by atoms with E-state index in [-0.39, 0.29) is 12.1 Å². The zero-order valence-electron chi connectivity index (χ0n) is 18.3. The molecular weight excluding hydrogens is 360 g/mol. The van der Waals surface area contributed by atoms with E-state index in [0.717, 1.165) is 42.7 Å². The first-order valence-electron chi connectivity index (χ1n) is 11.2. The molecule has 1 unspecified atom stereocenters. The molecule has 0 aliphatic rings. The van der Waals surface area contributed by atoms with Crippen LogP contribution < -0.4 is 4.74 Å². The van der Waals surface area contributed by atoms with E-state index in [1.807, 2.05) is 43.3 Å². The Bertz CT molecular complexity index is 704. The van der Waals surface area contributed by atoms with Crippen LogP contribution in [0.4, 0.5) is 0 Å². The number of carbonyl (C=O) groups excluding carboxylic acids is 1. The third-order valence-electron chi connectivity index (χ3n) is 5.08. The molecule has 0 aromatic heterocycles. The second-order valence-electron chi connectivity index (χ2n) is 7.72. The van der Waals surface area contributed by atoms with Crippen molar-refractivity contribution in [3.05, 3.63) is 54.1 Å². The summed E-state index contributed by atoms with van der Waals surface area (Å²) in [5.41, 5.74) is 2.78. The SMILES string of the molecule is CCCCCCCCOc1ccc(-c2ccc(C(=O)OC(C)CCC)cc2)cc1. The van der Waals surface area contributed by atoms with Gasteiger partial charge in [0.05, 0.1) is 18.3 Å². The smallest absolute Gasteiger partial charge is 0.338 e. The molecular formula is C26H36O3. The molecule has 2 aromatic rings. The van der Waals surface area contributed by atoms with Crippen molar-refractivity contribution in [1.29, 1.82) is 0 Å². The average molecular weight is 397 g/mol. The van der Waals surface area contributed by atoms with Gasteiger partial charge in [0.2, 0.25) is 0 Å². The number of carbonyl (C=O) groups is 1. The van der Waals surface area contributed by atoms with Crippen LogP contribution in [0.15, 0.2) is 48.5 Å². The lowest BCUT2D eigenvalue weighted by Gasteiger charge is -2.12. The van der Waals surface area contributed by atoms with Crippen molar-refractivity contribution in [3.63, 3.8) is 0 Å². The van der Waals surface area contributed by atoms with Crippen LogP contribution in [0.3, 0.4) is 0 Å². The number of hydrogen-bond donors (Lipinski definition) is 0. The summed E-state index contributed by atoms with van der Waals surface area (Å²) >= 11 is 0. The predicted molar refractivity (Wildman–Crippen MR) is 121 cm³/mol. The molecule has 158 valence electrons. The zero-order chi connectivity index (χ0) is 20.9. The fourth-order valence-electron chi connectivity index (χ4n) is 3.33. The maximum Gasteiger partial charge on any atom is 0.338 e. The molecule has 0 heterocycles. The molecule has 0 N–H and O–H groups in total. The maximum atomic E-state index is 12.2. The van der Waals surface area contributed by atoms with Crippen molar-refractivity contribution in [2.24, 2.45) is 0 Å². The Morgan fingerprint density at radius 2 is 1.38 bits per heavy atom. The van der Waals surface area contributed by atoms with Gasteiger partial charge in [-0.1, -0.05) is 76.6 Å². The van der Waals surface area contributed by atoms with Gasteiger partial charge in [0, 0.05) is 0 Å². The predicted octanol–water partition coefficient (Wildman–Crippen LogP) is 7.44. The molecule has 1 atom stereocenters. The summed E-state index contributed by atoms with van der Waals surface area (Å²) in [6.07, 6.45) is 9.45. The molecule has 0 aliphatic carbocycles. The quantitative estimate of drug-likeness (QED) is 0.261. The van der Waals surface area contributed by atoms with Gasteiger partial charge in [0.25, 0.3) is 0 Å². The number of benzene rings is 2. The molecule has 0 saturated heterocycles. The lowest BCUT2D eigenvalue weighted by Crippen LogP contribution is -2.14. The minimum absolute atomic E-state index is 0.0453. The highest BCUT2D eigenvalue weighted by atomic mass is 16.5. The second kappa shape index (κ2) is 13.0.